The molecular weight excluding hydrogens is 1460 g/mol. The van der Waals surface area contributed by atoms with Crippen LogP contribution in [0.5, 0.6) is 0 Å². The highest BCUT2D eigenvalue weighted by Crippen LogP contribution is 2.15. The summed E-state index contributed by atoms with van der Waals surface area (Å²) in [6, 6.07) is 3.73. The Balaban J connectivity index is -0.00000117. The molecule has 3 aromatic heterocycles. The molecule has 636 valence electrons. The van der Waals surface area contributed by atoms with Crippen molar-refractivity contribution in [1.29, 1.82) is 0 Å². The summed E-state index contributed by atoms with van der Waals surface area (Å²) in [6.07, 6.45) is 16.2. The minimum atomic E-state index is -3.37. The molecule has 30 nitrogen and oxygen atoms in total. The summed E-state index contributed by atoms with van der Waals surface area (Å²) in [5, 5.41) is 16.0. The van der Waals surface area contributed by atoms with E-state index < -0.39 is 21.5 Å². The number of likely N-dealkylation sites (tertiary alicyclic amines) is 2. The van der Waals surface area contributed by atoms with Gasteiger partial charge in [0.1, 0.15) is 5.60 Å². The van der Waals surface area contributed by atoms with Gasteiger partial charge in [0, 0.05) is 168 Å². The number of anilines is 3. The largest absolute Gasteiger partial charge is 0.444 e. The number of carbonyl (C=O) groups excluding carboxylic acids is 10. The molecule has 6 N–H and O–H groups in total. The van der Waals surface area contributed by atoms with Crippen LogP contribution < -0.4 is 31.3 Å². The normalized spacial score (nSPS) is 14.0. The third kappa shape index (κ3) is 58.7. The molecule has 4 aliphatic rings. The van der Waals surface area contributed by atoms with Gasteiger partial charge in [-0.15, -0.1) is 11.3 Å². The first-order valence-electron chi connectivity index (χ1n) is 38.9. The fraction of sp³-hybridized carbons (Fsp3) is 0.722. The van der Waals surface area contributed by atoms with Gasteiger partial charge >= 0.3 is 6.09 Å². The molecule has 32 heteroatoms. The van der Waals surface area contributed by atoms with Crippen LogP contribution in [0.4, 0.5) is 21.4 Å². The number of morpholine rings is 1. The number of carbonyl (C=O) groups is 10. The molecule has 4 saturated heterocycles. The van der Waals surface area contributed by atoms with Crippen molar-refractivity contribution in [3.8, 4) is 0 Å². The SMILES string of the molecule is CC(C)C(=O)N1CCCC1.CC(C)C(=O)N1CCCCC1.CC(C)C(=O)N1CCN(C)CC1.CC(C)C(=O)N1CCOCC1.CC(C)C(=O)NCCN(C)C.CC(C)C(=O)NS(C)(=O)=O.CC(C)C(=O)Nc1cccnc1.CC(C)C(=O)Nc1cnccn1.CC(C)C(=O)Nc1nccs1.CC(C)NC(=O)OC(C)(C)C. The predicted molar refractivity (Wildman–Crippen MR) is 445 cm³/mol. The predicted octanol–water partition coefficient (Wildman–Crippen LogP) is 10.3. The van der Waals surface area contributed by atoms with Gasteiger partial charge in [0.2, 0.25) is 63.2 Å². The summed E-state index contributed by atoms with van der Waals surface area (Å²) >= 11 is 1.43. The van der Waals surface area contributed by atoms with Gasteiger partial charge in [-0.25, -0.2) is 23.2 Å². The molecule has 0 bridgehead atoms. The molecule has 0 aromatic carbocycles. The number of ether oxygens (including phenoxy) is 2. The third-order valence-corrected chi connectivity index (χ3v) is 16.4. The number of alkyl carbamates (subject to hydrolysis) is 1. The minimum Gasteiger partial charge on any atom is -0.444 e. The molecule has 7 rings (SSSR count). The number of piperidine rings is 1. The molecule has 10 amide bonds. The molecule has 0 spiro atoms. The van der Waals surface area contributed by atoms with E-state index in [9.17, 15) is 56.4 Å². The van der Waals surface area contributed by atoms with Crippen molar-refractivity contribution in [2.24, 2.45) is 53.3 Å². The summed E-state index contributed by atoms with van der Waals surface area (Å²) < 4.78 is 32.8. The van der Waals surface area contributed by atoms with Crippen molar-refractivity contribution in [3.63, 3.8) is 0 Å². The first-order chi connectivity index (χ1) is 51.5. The molecule has 0 aliphatic carbocycles. The van der Waals surface area contributed by atoms with Gasteiger partial charge in [-0.3, -0.25) is 57.8 Å². The number of sulfonamides is 1. The Hall–Kier alpha value is -7.81. The first-order valence-corrected chi connectivity index (χ1v) is 41.6. The molecule has 4 aliphatic heterocycles. The molecule has 0 saturated carbocycles. The van der Waals surface area contributed by atoms with Crippen LogP contribution in [0.1, 0.15) is 191 Å². The molecule has 0 unspecified atom stereocenters. The summed E-state index contributed by atoms with van der Waals surface area (Å²) in [4.78, 5) is 139. The van der Waals surface area contributed by atoms with Crippen molar-refractivity contribution < 1.29 is 65.8 Å². The Morgan fingerprint density at radius 2 is 0.919 bits per heavy atom. The molecule has 7 heterocycles. The Kier molecular flexibility index (Phi) is 57.9. The van der Waals surface area contributed by atoms with Gasteiger partial charge in [0.15, 0.2) is 10.9 Å². The lowest BCUT2D eigenvalue weighted by Gasteiger charge is -2.33. The van der Waals surface area contributed by atoms with Crippen molar-refractivity contribution in [2.75, 3.05) is 135 Å². The smallest absolute Gasteiger partial charge is 0.407 e. The van der Waals surface area contributed by atoms with Crippen LogP contribution >= 0.6 is 11.3 Å². The van der Waals surface area contributed by atoms with Crippen LogP contribution in [-0.4, -0.2) is 248 Å². The standard InChI is InChI=1S/C9H18N2O.C9H12N2O.C9H17NO.C8H11N3O.C8H18N2O.C8H15NO2.C8H17NO2.C8H15NO.C7H10N2OS.C5H11NO3S/c1-8(2)9(12)11-6-4-10(3)5-7-11;1-7(2)9(12)11-8-4-3-5-10-6-8;1-8(2)9(11)10-6-4-3-5-7-10;1-6(2)8(12)11-7-5-9-3-4-10-7;1-7(2)8(11)9-5-6-10(3)4;1-7(2)8(10)9-3-5-11-6-4-9;1-6(2)9-7(10)11-8(3,4)5;1-7(2)8(10)9-5-3-4-6-9;1-5(2)6(10)9-7-8-3-4-11-7;1-4(2)5(7)6-10(3,8)9/h8H,4-7H2,1-3H3;3-7H,1-2H3,(H,11,12);8H,3-7H2,1-2H3;3-6H,1-2H3,(H,10,11,12);7H,5-6H2,1-4H3,(H,9,11);7H,3-6H2,1-2H3;6H,1-5H3,(H,9,10);7H,3-6H2,1-2H3;3-5H,1-2H3,(H,8,9,10);4H,1-3H3,(H,6,7). The molecule has 4 fully saturated rings. The number of thiazole rings is 1. The lowest BCUT2D eigenvalue weighted by atomic mass is 10.1. The van der Waals surface area contributed by atoms with E-state index in [-0.39, 0.29) is 94.9 Å². The van der Waals surface area contributed by atoms with Gasteiger partial charge in [0.25, 0.3) is 0 Å². The fourth-order valence-electron chi connectivity index (χ4n) is 8.67. The molecule has 0 atom stereocenters. The number of aromatic nitrogens is 4. The number of piperazine rings is 1. The van der Waals surface area contributed by atoms with Gasteiger partial charge in [0.05, 0.1) is 37.6 Å². The van der Waals surface area contributed by atoms with E-state index in [0.29, 0.717) is 41.9 Å². The highest BCUT2D eigenvalue weighted by molar-refractivity contribution is 7.89. The van der Waals surface area contributed by atoms with Crippen molar-refractivity contribution in [3.05, 3.63) is 54.7 Å². The highest BCUT2D eigenvalue weighted by atomic mass is 32.2. The third-order valence-electron chi connectivity index (χ3n) is 15.2. The van der Waals surface area contributed by atoms with Gasteiger partial charge in [-0.05, 0) is 100.0 Å². The quantitative estimate of drug-likeness (QED) is 0.0731. The Bertz CT molecular complexity index is 3070. The summed E-state index contributed by atoms with van der Waals surface area (Å²) in [7, 11) is 2.70. The molecule has 3 aromatic rings. The number of nitrogens with one attached hydrogen (secondary N) is 6. The van der Waals surface area contributed by atoms with Crippen LogP contribution in [0, 0.1) is 53.3 Å². The zero-order chi connectivity index (χ0) is 85.7. The van der Waals surface area contributed by atoms with E-state index in [1.54, 1.807) is 44.7 Å². The van der Waals surface area contributed by atoms with E-state index in [1.807, 2.05) is 200 Å². The number of hydrogen-bond donors (Lipinski definition) is 6. The molecule has 0 radical (unpaired) electrons. The van der Waals surface area contributed by atoms with Crippen LogP contribution in [0.25, 0.3) is 0 Å². The van der Waals surface area contributed by atoms with Crippen molar-refractivity contribution >= 4 is 97.3 Å². The second-order valence-electron chi connectivity index (χ2n) is 31.1. The van der Waals surface area contributed by atoms with Crippen LogP contribution in [0.15, 0.2) is 54.7 Å². The van der Waals surface area contributed by atoms with E-state index in [4.69, 9.17) is 9.47 Å². The van der Waals surface area contributed by atoms with E-state index >= 15 is 0 Å². The van der Waals surface area contributed by atoms with Crippen molar-refractivity contribution in [2.45, 2.75) is 203 Å². The van der Waals surface area contributed by atoms with E-state index in [0.717, 1.165) is 90.5 Å². The number of likely N-dealkylation sites (N-methyl/N-ethyl adjacent to an activating group) is 2. The van der Waals surface area contributed by atoms with E-state index in [1.165, 1.54) is 55.8 Å². The number of pyridine rings is 1. The van der Waals surface area contributed by atoms with Crippen LogP contribution in [-0.2, 0) is 62.6 Å². The maximum Gasteiger partial charge on any atom is 0.407 e. The number of amides is 10. The maximum atomic E-state index is 11.5. The molecule has 111 heavy (non-hydrogen) atoms. The fourth-order valence-corrected chi connectivity index (χ4v) is 9.80. The molecular formula is C79H144N16O14S2. The second-order valence-corrected chi connectivity index (χ2v) is 33.8. The van der Waals surface area contributed by atoms with E-state index in [2.05, 4.69) is 58.5 Å². The average Bonchev–Trinajstić information content (AvgIpc) is 1.62. The van der Waals surface area contributed by atoms with Crippen LogP contribution in [0.3, 0.4) is 0 Å². The van der Waals surface area contributed by atoms with Crippen molar-refractivity contribution in [1.82, 2.24) is 64.7 Å². The zero-order valence-electron chi connectivity index (χ0n) is 72.4. The zero-order valence-corrected chi connectivity index (χ0v) is 74.0. The Labute approximate surface area is 670 Å². The minimum absolute atomic E-state index is 0.00482. The maximum absolute atomic E-state index is 11.5. The lowest BCUT2D eigenvalue weighted by Crippen LogP contribution is -2.48. The lowest BCUT2D eigenvalue weighted by molar-refractivity contribution is -0.138. The summed E-state index contributed by atoms with van der Waals surface area (Å²) in [6.45, 7) is 55.3. The number of rotatable bonds is 17. The Morgan fingerprint density at radius 3 is 1.27 bits per heavy atom. The van der Waals surface area contributed by atoms with Crippen LogP contribution in [0.2, 0.25) is 0 Å². The number of nitrogens with zero attached hydrogens (tertiary/aromatic N) is 10. The summed E-state index contributed by atoms with van der Waals surface area (Å²) in [5.41, 5.74) is 0.343. The monoisotopic (exact) mass is 1610 g/mol. The van der Waals surface area contributed by atoms with Gasteiger partial charge < -0.3 is 65.5 Å². The second kappa shape index (κ2) is 59.9. The average molecular weight is 1610 g/mol. The van der Waals surface area contributed by atoms with Gasteiger partial charge in [-0.2, -0.15) is 0 Å². The number of hydrogen-bond acceptors (Lipinski definition) is 21. The summed E-state index contributed by atoms with van der Waals surface area (Å²) in [5.74, 6) is 1.72. The first kappa shape index (κ1) is 107. The van der Waals surface area contributed by atoms with Gasteiger partial charge in [-0.1, -0.05) is 125 Å². The topological polar surface area (TPSA) is 366 Å². The highest BCUT2D eigenvalue weighted by Gasteiger charge is 2.24. The Morgan fingerprint density at radius 1 is 0.505 bits per heavy atom.